The van der Waals surface area contributed by atoms with Crippen LogP contribution in [0.4, 0.5) is 0 Å². The second-order valence-corrected chi connectivity index (χ2v) is 3.29. The van der Waals surface area contributed by atoms with Gasteiger partial charge in [0.05, 0.1) is 0 Å². The van der Waals surface area contributed by atoms with Crippen molar-refractivity contribution in [3.63, 3.8) is 0 Å². The lowest BCUT2D eigenvalue weighted by atomic mass is 10.2. The summed E-state index contributed by atoms with van der Waals surface area (Å²) in [7, 11) is 0. The molecule has 0 saturated heterocycles. The molecule has 0 aliphatic rings. The second-order valence-electron chi connectivity index (χ2n) is 3.29. The highest BCUT2D eigenvalue weighted by atomic mass is 17.1. The van der Waals surface area contributed by atoms with Crippen molar-refractivity contribution in [3.8, 4) is 0 Å². The fraction of sp³-hybridized carbons (Fsp3) is 0.500. The summed E-state index contributed by atoms with van der Waals surface area (Å²) in [6.45, 7) is 8.09. The zero-order chi connectivity index (χ0) is 14.6. The van der Waals surface area contributed by atoms with E-state index in [0.717, 1.165) is 18.9 Å². The molecule has 1 unspecified atom stereocenters. The van der Waals surface area contributed by atoms with Gasteiger partial charge in [0.15, 0.2) is 6.29 Å². The van der Waals surface area contributed by atoms with Crippen molar-refractivity contribution in [2.45, 2.75) is 39.9 Å². The number of aliphatic hydroxyl groups excluding tert-OH is 1. The molecule has 0 aromatic carbocycles. The summed E-state index contributed by atoms with van der Waals surface area (Å²) in [4.78, 5) is 24.1. The molecule has 0 aromatic rings. The minimum atomic E-state index is -1.04. The van der Waals surface area contributed by atoms with Crippen molar-refractivity contribution in [1.82, 2.24) is 0 Å². The molecule has 0 fully saturated rings. The molecule has 0 radical (unpaired) electrons. The summed E-state index contributed by atoms with van der Waals surface area (Å²) in [6, 6.07) is 0. The maximum Gasteiger partial charge on any atom is 0.368 e. The van der Waals surface area contributed by atoms with Gasteiger partial charge < -0.3 is 9.84 Å². The molecule has 18 heavy (non-hydrogen) atoms. The number of carbonyl (C=O) groups excluding carboxylic acids is 2. The first-order valence-electron chi connectivity index (χ1n) is 5.42. The Morgan fingerprint density at radius 3 is 2.28 bits per heavy atom. The number of allylic oxidation sites excluding steroid dienone is 1. The highest BCUT2D eigenvalue weighted by Crippen LogP contribution is 1.99. The summed E-state index contributed by atoms with van der Waals surface area (Å²) in [5, 5.41) is 16.3. The first-order chi connectivity index (χ1) is 8.38. The van der Waals surface area contributed by atoms with Gasteiger partial charge in [0.1, 0.15) is 0 Å². The van der Waals surface area contributed by atoms with Crippen LogP contribution in [0.2, 0.25) is 0 Å². The third kappa shape index (κ3) is 12.4. The van der Waals surface area contributed by atoms with Crippen LogP contribution in [-0.4, -0.2) is 28.6 Å². The van der Waals surface area contributed by atoms with Crippen LogP contribution in [-0.2, 0) is 19.2 Å². The Balaban J connectivity index is 0. The molecule has 104 valence electrons. The topological polar surface area (TPSA) is 93.1 Å². The third-order valence-electron chi connectivity index (χ3n) is 1.60. The van der Waals surface area contributed by atoms with Crippen molar-refractivity contribution in [2.75, 3.05) is 0 Å². The Kier molecular flexibility index (Phi) is 12.3. The van der Waals surface area contributed by atoms with Gasteiger partial charge in [-0.25, -0.2) is 9.59 Å². The summed E-state index contributed by atoms with van der Waals surface area (Å²) >= 11 is 0. The monoisotopic (exact) mass is 260 g/mol. The van der Waals surface area contributed by atoms with E-state index in [1.54, 1.807) is 13.0 Å². The second kappa shape index (κ2) is 11.8. The van der Waals surface area contributed by atoms with Crippen LogP contribution in [0.5, 0.6) is 0 Å². The molecule has 0 amide bonds. The fourth-order valence-electron chi connectivity index (χ4n) is 0.732. The van der Waals surface area contributed by atoms with E-state index in [4.69, 9.17) is 10.4 Å². The van der Waals surface area contributed by atoms with Crippen LogP contribution in [0.3, 0.4) is 0 Å². The third-order valence-corrected chi connectivity index (χ3v) is 1.60. The van der Waals surface area contributed by atoms with Crippen molar-refractivity contribution in [3.05, 3.63) is 24.3 Å². The van der Waals surface area contributed by atoms with E-state index < -0.39 is 18.2 Å². The van der Waals surface area contributed by atoms with Crippen LogP contribution >= 0.6 is 0 Å². The average molecular weight is 260 g/mol. The van der Waals surface area contributed by atoms with Crippen molar-refractivity contribution in [2.24, 2.45) is 0 Å². The van der Waals surface area contributed by atoms with E-state index >= 15 is 0 Å². The van der Waals surface area contributed by atoms with Gasteiger partial charge in [0.25, 0.3) is 0 Å². The van der Waals surface area contributed by atoms with Crippen LogP contribution in [0.15, 0.2) is 24.3 Å². The maximum absolute atomic E-state index is 10.5. The van der Waals surface area contributed by atoms with Gasteiger partial charge in [0, 0.05) is 11.6 Å². The molecule has 2 N–H and O–H groups in total. The number of rotatable bonds is 5. The van der Waals surface area contributed by atoms with Gasteiger partial charge in [-0.3, -0.25) is 4.89 Å². The molecule has 1 atom stereocenters. The highest BCUT2D eigenvalue weighted by Gasteiger charge is 2.02. The average Bonchev–Trinajstić information content (AvgIpc) is 2.34. The number of aliphatic hydroxyl groups is 1. The molecule has 6 heteroatoms. The number of unbranched alkanes of at least 4 members (excludes halogenated alkanes) is 1. The van der Waals surface area contributed by atoms with E-state index in [2.05, 4.69) is 16.2 Å². The number of ether oxygens (including phenoxy) is 1. The molecule has 0 bridgehead atoms. The Bertz CT molecular complexity index is 293. The van der Waals surface area contributed by atoms with Crippen LogP contribution in [0.25, 0.3) is 0 Å². The molecule has 0 aliphatic carbocycles. The number of carbonyl (C=O) groups is 2. The van der Waals surface area contributed by atoms with Gasteiger partial charge >= 0.3 is 11.9 Å². The smallest absolute Gasteiger partial charge is 0.368 e. The van der Waals surface area contributed by atoms with Gasteiger partial charge in [-0.2, -0.15) is 5.26 Å². The van der Waals surface area contributed by atoms with E-state index in [0.29, 0.717) is 5.57 Å². The highest BCUT2D eigenvalue weighted by molar-refractivity contribution is 5.87. The zero-order valence-electron chi connectivity index (χ0n) is 10.9. The normalized spacial score (nSPS) is 11.7. The minimum Gasteiger partial charge on any atom is -0.433 e. The van der Waals surface area contributed by atoms with Crippen molar-refractivity contribution < 1.29 is 29.6 Å². The SMILES string of the molecule is C=CC(=O)OC(C)O.CCCC=C(C)C(=O)OO. The summed E-state index contributed by atoms with van der Waals surface area (Å²) in [5.41, 5.74) is 0.448. The molecule has 6 nitrogen and oxygen atoms in total. The Hall–Kier alpha value is -1.66. The minimum absolute atomic E-state index is 0.448. The Labute approximate surface area is 106 Å². The molecule has 0 aliphatic heterocycles. The number of hydrogen-bond donors (Lipinski definition) is 2. The molecule has 0 heterocycles. The molecule has 0 saturated carbocycles. The van der Waals surface area contributed by atoms with Crippen molar-refractivity contribution in [1.29, 1.82) is 0 Å². The fourth-order valence-corrected chi connectivity index (χ4v) is 0.732. The van der Waals surface area contributed by atoms with E-state index in [9.17, 15) is 9.59 Å². The largest absolute Gasteiger partial charge is 0.433 e. The van der Waals surface area contributed by atoms with Crippen LogP contribution < -0.4 is 0 Å². The lowest BCUT2D eigenvalue weighted by Gasteiger charge is -2.01. The van der Waals surface area contributed by atoms with E-state index in [1.165, 1.54) is 6.92 Å². The molecule has 0 spiro atoms. The Morgan fingerprint density at radius 1 is 1.44 bits per heavy atom. The van der Waals surface area contributed by atoms with Crippen molar-refractivity contribution >= 4 is 11.9 Å². The summed E-state index contributed by atoms with van der Waals surface area (Å²) < 4.78 is 4.20. The predicted molar refractivity (Wildman–Crippen MR) is 65.4 cm³/mol. The van der Waals surface area contributed by atoms with Crippen LogP contribution in [0.1, 0.15) is 33.6 Å². The number of hydrogen-bond acceptors (Lipinski definition) is 6. The van der Waals surface area contributed by atoms with Gasteiger partial charge in [-0.05, 0) is 20.3 Å². The first-order valence-corrected chi connectivity index (χ1v) is 5.42. The predicted octanol–water partition coefficient (Wildman–Crippen LogP) is 1.80. The Morgan fingerprint density at radius 2 is 2.00 bits per heavy atom. The molecular weight excluding hydrogens is 240 g/mol. The quantitative estimate of drug-likeness (QED) is 0.257. The summed E-state index contributed by atoms with van der Waals surface area (Å²) in [6.07, 6.45) is 3.50. The van der Waals surface area contributed by atoms with Crippen LogP contribution in [0, 0.1) is 0 Å². The zero-order valence-corrected chi connectivity index (χ0v) is 10.9. The van der Waals surface area contributed by atoms with Gasteiger partial charge in [-0.1, -0.05) is 26.0 Å². The van der Waals surface area contributed by atoms with Gasteiger partial charge in [0.2, 0.25) is 0 Å². The first kappa shape index (κ1) is 18.7. The lowest BCUT2D eigenvalue weighted by molar-refractivity contribution is -0.229. The molecule has 0 rings (SSSR count). The summed E-state index contributed by atoms with van der Waals surface area (Å²) in [5.74, 6) is -1.28. The number of esters is 1. The molecule has 0 aromatic heterocycles. The lowest BCUT2D eigenvalue weighted by Crippen LogP contribution is -2.10. The van der Waals surface area contributed by atoms with E-state index in [-0.39, 0.29) is 0 Å². The van der Waals surface area contributed by atoms with E-state index in [1.807, 2.05) is 6.92 Å². The van der Waals surface area contributed by atoms with Gasteiger partial charge in [-0.15, -0.1) is 0 Å². The maximum atomic E-state index is 10.5. The molecular formula is C12H20O6. The standard InChI is InChI=1S/C7H12O3.C5H8O3/c1-3-4-5-6(2)7(8)10-9;1-3-5(7)8-4(2)6/h5,9H,3-4H2,1-2H3;3-4,6H,1H2,2H3.